The van der Waals surface area contributed by atoms with Crippen molar-refractivity contribution in [2.45, 2.75) is 27.0 Å². The molecule has 0 spiro atoms. The molecule has 0 atom stereocenters. The van der Waals surface area contributed by atoms with Crippen LogP contribution in [0.3, 0.4) is 0 Å². The molecular weight excluding hydrogens is 358 g/mol. The summed E-state index contributed by atoms with van der Waals surface area (Å²) in [5, 5.41) is 6.72. The lowest BCUT2D eigenvalue weighted by Crippen LogP contribution is -2.23. The van der Waals surface area contributed by atoms with Gasteiger partial charge in [-0.1, -0.05) is 23.4 Å². The maximum Gasteiger partial charge on any atom is 0.251 e. The van der Waals surface area contributed by atoms with E-state index in [4.69, 9.17) is 15.0 Å². The van der Waals surface area contributed by atoms with Crippen LogP contribution in [0.1, 0.15) is 43.3 Å². The molecule has 144 valence electrons. The molecule has 0 aliphatic heterocycles. The van der Waals surface area contributed by atoms with E-state index >= 15 is 0 Å². The van der Waals surface area contributed by atoms with Crippen molar-refractivity contribution in [2.24, 2.45) is 5.73 Å². The van der Waals surface area contributed by atoms with Crippen molar-refractivity contribution >= 4 is 11.8 Å². The predicted molar refractivity (Wildman–Crippen MR) is 103 cm³/mol. The van der Waals surface area contributed by atoms with Crippen LogP contribution >= 0.6 is 0 Å². The molecule has 0 radical (unpaired) electrons. The number of hydrogen-bond acceptors (Lipinski definition) is 5. The van der Waals surface area contributed by atoms with Gasteiger partial charge in [-0.05, 0) is 49.7 Å². The summed E-state index contributed by atoms with van der Waals surface area (Å²) in [5.41, 5.74) is 8.62. The molecule has 3 rings (SSSR count). The first kappa shape index (κ1) is 19.2. The summed E-state index contributed by atoms with van der Waals surface area (Å²) >= 11 is 0. The molecule has 2 amide bonds. The van der Waals surface area contributed by atoms with Crippen LogP contribution < -0.4 is 15.8 Å². The first-order chi connectivity index (χ1) is 13.4. The fourth-order valence-corrected chi connectivity index (χ4v) is 2.71. The van der Waals surface area contributed by atoms with Gasteiger partial charge in [-0.2, -0.15) is 0 Å². The number of nitrogens with zero attached hydrogens (tertiary/aromatic N) is 1. The van der Waals surface area contributed by atoms with Gasteiger partial charge in [-0.15, -0.1) is 0 Å². The van der Waals surface area contributed by atoms with Crippen LogP contribution in [-0.4, -0.2) is 17.0 Å². The van der Waals surface area contributed by atoms with Crippen LogP contribution in [0.15, 0.2) is 53.1 Å². The van der Waals surface area contributed by atoms with Crippen LogP contribution in [0, 0.1) is 13.8 Å². The van der Waals surface area contributed by atoms with E-state index in [0.29, 0.717) is 29.2 Å². The Morgan fingerprint density at radius 3 is 2.57 bits per heavy atom. The number of rotatable bonds is 7. The van der Waals surface area contributed by atoms with E-state index in [1.54, 1.807) is 42.5 Å². The lowest BCUT2D eigenvalue weighted by Gasteiger charge is -2.09. The van der Waals surface area contributed by atoms with Crippen molar-refractivity contribution in [3.63, 3.8) is 0 Å². The molecule has 1 heterocycles. The van der Waals surface area contributed by atoms with Gasteiger partial charge in [0.15, 0.2) is 0 Å². The minimum Gasteiger partial charge on any atom is -0.489 e. The zero-order valence-corrected chi connectivity index (χ0v) is 15.7. The van der Waals surface area contributed by atoms with Gasteiger partial charge in [0.05, 0.1) is 11.3 Å². The average molecular weight is 379 g/mol. The van der Waals surface area contributed by atoms with Gasteiger partial charge in [0.2, 0.25) is 5.91 Å². The van der Waals surface area contributed by atoms with Crippen LogP contribution in [0.25, 0.3) is 0 Å². The average Bonchev–Trinajstić information content (AvgIpc) is 3.02. The van der Waals surface area contributed by atoms with Crippen LogP contribution in [-0.2, 0) is 13.2 Å². The number of carbonyl (C=O) groups is 2. The number of amides is 2. The standard InChI is InChI=1S/C21H21N3O4/c1-13-19(14(2)28-24-13)12-27-18-8-4-7-17(10-18)21(26)23-11-15-5-3-6-16(9-15)20(22)25/h3-10H,11-12H2,1-2H3,(H2,22,25)(H,23,26). The van der Waals surface area contributed by atoms with Gasteiger partial charge in [-0.3, -0.25) is 9.59 Å². The van der Waals surface area contributed by atoms with Gasteiger partial charge >= 0.3 is 0 Å². The summed E-state index contributed by atoms with van der Waals surface area (Å²) in [7, 11) is 0. The summed E-state index contributed by atoms with van der Waals surface area (Å²) < 4.78 is 10.9. The summed E-state index contributed by atoms with van der Waals surface area (Å²) in [5.74, 6) is 0.538. The minimum absolute atomic E-state index is 0.243. The highest BCUT2D eigenvalue weighted by Crippen LogP contribution is 2.18. The maximum absolute atomic E-state index is 12.4. The van der Waals surface area contributed by atoms with Crippen LogP contribution in [0.2, 0.25) is 0 Å². The molecule has 0 saturated carbocycles. The van der Waals surface area contributed by atoms with Gasteiger partial charge in [0, 0.05) is 17.7 Å². The van der Waals surface area contributed by atoms with Gasteiger partial charge in [0.25, 0.3) is 5.91 Å². The van der Waals surface area contributed by atoms with Crippen LogP contribution in [0.5, 0.6) is 5.75 Å². The molecule has 0 unspecified atom stereocenters. The monoisotopic (exact) mass is 379 g/mol. The Labute approximate surface area is 162 Å². The quantitative estimate of drug-likeness (QED) is 0.656. The molecule has 0 aliphatic carbocycles. The molecule has 0 saturated heterocycles. The smallest absolute Gasteiger partial charge is 0.251 e. The van der Waals surface area contributed by atoms with Gasteiger partial charge in [-0.25, -0.2) is 0 Å². The minimum atomic E-state index is -0.503. The molecule has 0 aliphatic rings. The lowest BCUT2D eigenvalue weighted by molar-refractivity contribution is 0.0949. The number of aryl methyl sites for hydroxylation is 2. The van der Waals surface area contributed by atoms with Crippen molar-refractivity contribution in [3.8, 4) is 5.75 Å². The maximum atomic E-state index is 12.4. The zero-order chi connectivity index (χ0) is 20.1. The van der Waals surface area contributed by atoms with E-state index < -0.39 is 5.91 Å². The summed E-state index contributed by atoms with van der Waals surface area (Å²) in [4.78, 5) is 23.7. The number of aromatic nitrogens is 1. The van der Waals surface area contributed by atoms with E-state index in [2.05, 4.69) is 10.5 Å². The van der Waals surface area contributed by atoms with E-state index in [1.165, 1.54) is 0 Å². The normalized spacial score (nSPS) is 10.5. The largest absolute Gasteiger partial charge is 0.489 e. The Bertz CT molecular complexity index is 991. The second-order valence-corrected chi connectivity index (χ2v) is 6.37. The number of carbonyl (C=O) groups excluding carboxylic acids is 2. The molecular formula is C21H21N3O4. The third-order valence-corrected chi connectivity index (χ3v) is 4.33. The molecule has 28 heavy (non-hydrogen) atoms. The van der Waals surface area contributed by atoms with Crippen molar-refractivity contribution in [3.05, 3.63) is 82.2 Å². The highest BCUT2D eigenvalue weighted by atomic mass is 16.5. The summed E-state index contributed by atoms with van der Waals surface area (Å²) in [6.45, 7) is 4.28. The van der Waals surface area contributed by atoms with Crippen LogP contribution in [0.4, 0.5) is 0 Å². The SMILES string of the molecule is Cc1noc(C)c1COc1cccc(C(=O)NCc2cccc(C(N)=O)c2)c1. The second-order valence-electron chi connectivity index (χ2n) is 6.37. The van der Waals surface area contributed by atoms with Crippen molar-refractivity contribution in [2.75, 3.05) is 0 Å². The number of nitrogens with one attached hydrogen (secondary N) is 1. The Kier molecular flexibility index (Phi) is 5.74. The lowest BCUT2D eigenvalue weighted by atomic mass is 10.1. The number of nitrogens with two attached hydrogens (primary N) is 1. The highest BCUT2D eigenvalue weighted by Gasteiger charge is 2.11. The zero-order valence-electron chi connectivity index (χ0n) is 15.7. The second kappa shape index (κ2) is 8.39. The van der Waals surface area contributed by atoms with E-state index in [9.17, 15) is 9.59 Å². The number of ether oxygens (including phenoxy) is 1. The summed E-state index contributed by atoms with van der Waals surface area (Å²) in [6, 6.07) is 13.8. The highest BCUT2D eigenvalue weighted by molar-refractivity contribution is 5.95. The molecule has 1 aromatic heterocycles. The summed E-state index contributed by atoms with van der Waals surface area (Å²) in [6.07, 6.45) is 0. The van der Waals surface area contributed by atoms with E-state index in [-0.39, 0.29) is 12.5 Å². The Morgan fingerprint density at radius 1 is 1.11 bits per heavy atom. The van der Waals surface area contributed by atoms with Gasteiger partial charge in [0.1, 0.15) is 18.1 Å². The molecule has 0 bridgehead atoms. The Balaban J connectivity index is 1.62. The molecule has 3 N–H and O–H groups in total. The fraction of sp³-hybridized carbons (Fsp3) is 0.190. The molecule has 3 aromatic rings. The molecule has 0 fully saturated rings. The molecule has 7 nitrogen and oxygen atoms in total. The number of hydrogen-bond donors (Lipinski definition) is 2. The van der Waals surface area contributed by atoms with Crippen molar-refractivity contribution < 1.29 is 18.8 Å². The third-order valence-electron chi connectivity index (χ3n) is 4.33. The van der Waals surface area contributed by atoms with E-state index in [0.717, 1.165) is 16.8 Å². The van der Waals surface area contributed by atoms with Crippen molar-refractivity contribution in [1.82, 2.24) is 10.5 Å². The third kappa shape index (κ3) is 4.56. The first-order valence-corrected chi connectivity index (χ1v) is 8.75. The molecule has 7 heteroatoms. The van der Waals surface area contributed by atoms with E-state index in [1.807, 2.05) is 19.9 Å². The number of benzene rings is 2. The Morgan fingerprint density at radius 2 is 1.86 bits per heavy atom. The Hall–Kier alpha value is -3.61. The fourth-order valence-electron chi connectivity index (χ4n) is 2.71. The first-order valence-electron chi connectivity index (χ1n) is 8.75. The predicted octanol–water partition coefficient (Wildman–Crippen LogP) is 2.90. The van der Waals surface area contributed by atoms with Gasteiger partial charge < -0.3 is 20.3 Å². The topological polar surface area (TPSA) is 107 Å². The number of primary amides is 1. The van der Waals surface area contributed by atoms with Crippen molar-refractivity contribution in [1.29, 1.82) is 0 Å². The molecule has 2 aromatic carbocycles.